The molecular formula is C8H16BrNO2. The van der Waals surface area contributed by atoms with Gasteiger partial charge in [0.1, 0.15) is 0 Å². The predicted octanol–water partition coefficient (Wildman–Crippen LogP) is 0.999. The fraction of sp³-hybridized carbons (Fsp3) is 0.875. The molecule has 0 spiro atoms. The minimum atomic E-state index is -0.342. The maximum Gasteiger partial charge on any atom is 0.235 e. The number of carbonyl (C=O) groups is 1. The molecule has 12 heavy (non-hydrogen) atoms. The molecule has 72 valence electrons. The third kappa shape index (κ3) is 4.72. The number of halogens is 1. The summed E-state index contributed by atoms with van der Waals surface area (Å²) in [5.41, 5.74) is 0. The minimum absolute atomic E-state index is 0.0515. The molecule has 0 aliphatic carbocycles. The van der Waals surface area contributed by atoms with E-state index in [-0.39, 0.29) is 16.8 Å². The van der Waals surface area contributed by atoms with Crippen molar-refractivity contribution in [2.75, 3.05) is 13.6 Å². The topological polar surface area (TPSA) is 40.5 Å². The van der Waals surface area contributed by atoms with E-state index in [2.05, 4.69) is 15.9 Å². The second-order valence-electron chi connectivity index (χ2n) is 3.01. The average Bonchev–Trinajstić information content (AvgIpc) is 1.98. The second kappa shape index (κ2) is 5.54. The van der Waals surface area contributed by atoms with E-state index in [1.807, 2.05) is 0 Å². The molecule has 0 aromatic heterocycles. The van der Waals surface area contributed by atoms with Crippen molar-refractivity contribution in [2.45, 2.75) is 31.2 Å². The number of amides is 1. The van der Waals surface area contributed by atoms with Gasteiger partial charge in [0.2, 0.25) is 5.91 Å². The summed E-state index contributed by atoms with van der Waals surface area (Å²) in [5.74, 6) is 0.0515. The van der Waals surface area contributed by atoms with Gasteiger partial charge in [-0.3, -0.25) is 4.79 Å². The lowest BCUT2D eigenvalue weighted by Gasteiger charge is -2.19. The van der Waals surface area contributed by atoms with Crippen LogP contribution in [0.5, 0.6) is 0 Å². The summed E-state index contributed by atoms with van der Waals surface area (Å²) in [5, 5.41) is 8.97. The molecule has 0 radical (unpaired) electrons. The zero-order valence-corrected chi connectivity index (χ0v) is 9.34. The molecule has 1 amide bonds. The van der Waals surface area contributed by atoms with Crippen LogP contribution in [-0.4, -0.2) is 40.4 Å². The number of rotatable bonds is 4. The van der Waals surface area contributed by atoms with Crippen molar-refractivity contribution >= 4 is 21.8 Å². The highest BCUT2D eigenvalue weighted by Gasteiger charge is 2.13. The van der Waals surface area contributed by atoms with Gasteiger partial charge in [0.15, 0.2) is 0 Å². The van der Waals surface area contributed by atoms with Gasteiger partial charge in [-0.1, -0.05) is 15.9 Å². The van der Waals surface area contributed by atoms with Gasteiger partial charge in [-0.15, -0.1) is 0 Å². The molecule has 0 bridgehead atoms. The standard InChI is InChI=1S/C8H16BrNO2/c1-6(11)4-5-10(3)8(12)7(2)9/h6-7,11H,4-5H2,1-3H3. The van der Waals surface area contributed by atoms with Gasteiger partial charge in [-0.05, 0) is 20.3 Å². The van der Waals surface area contributed by atoms with E-state index in [0.717, 1.165) is 0 Å². The zero-order chi connectivity index (χ0) is 9.72. The van der Waals surface area contributed by atoms with Crippen LogP contribution in [0.2, 0.25) is 0 Å². The van der Waals surface area contributed by atoms with Gasteiger partial charge in [0, 0.05) is 13.6 Å². The molecule has 4 heteroatoms. The van der Waals surface area contributed by atoms with Crippen LogP contribution in [0.1, 0.15) is 20.3 Å². The summed E-state index contributed by atoms with van der Waals surface area (Å²) >= 11 is 3.19. The highest BCUT2D eigenvalue weighted by atomic mass is 79.9. The summed E-state index contributed by atoms with van der Waals surface area (Å²) in [7, 11) is 1.74. The Balaban J connectivity index is 3.72. The lowest BCUT2D eigenvalue weighted by Crippen LogP contribution is -2.33. The number of carbonyl (C=O) groups excluding carboxylic acids is 1. The summed E-state index contributed by atoms with van der Waals surface area (Å²) in [4.78, 5) is 12.7. The van der Waals surface area contributed by atoms with Crippen molar-refractivity contribution in [3.63, 3.8) is 0 Å². The molecule has 1 N–H and O–H groups in total. The minimum Gasteiger partial charge on any atom is -0.393 e. The largest absolute Gasteiger partial charge is 0.393 e. The average molecular weight is 238 g/mol. The van der Waals surface area contributed by atoms with Crippen LogP contribution < -0.4 is 0 Å². The molecule has 0 heterocycles. The van der Waals surface area contributed by atoms with E-state index in [1.165, 1.54) is 0 Å². The lowest BCUT2D eigenvalue weighted by molar-refractivity contribution is -0.129. The maximum atomic E-state index is 11.3. The quantitative estimate of drug-likeness (QED) is 0.742. The molecule has 0 aromatic rings. The molecule has 0 aliphatic rings. The SMILES string of the molecule is CC(O)CCN(C)C(=O)C(C)Br. The van der Waals surface area contributed by atoms with Gasteiger partial charge < -0.3 is 10.0 Å². The molecule has 0 aliphatic heterocycles. The maximum absolute atomic E-state index is 11.3. The smallest absolute Gasteiger partial charge is 0.235 e. The summed E-state index contributed by atoms with van der Waals surface area (Å²) < 4.78 is 0. The van der Waals surface area contributed by atoms with Crippen molar-refractivity contribution in [3.8, 4) is 0 Å². The van der Waals surface area contributed by atoms with Crippen LogP contribution in [-0.2, 0) is 4.79 Å². The van der Waals surface area contributed by atoms with E-state index < -0.39 is 0 Å². The molecule has 0 fully saturated rings. The number of aliphatic hydroxyl groups is 1. The fourth-order valence-electron chi connectivity index (χ4n) is 0.794. The number of aliphatic hydroxyl groups excluding tert-OH is 1. The molecule has 0 saturated carbocycles. The first kappa shape index (κ1) is 11.9. The second-order valence-corrected chi connectivity index (χ2v) is 4.39. The zero-order valence-electron chi connectivity index (χ0n) is 7.75. The first-order valence-corrected chi connectivity index (χ1v) is 4.93. The van der Waals surface area contributed by atoms with Crippen LogP contribution in [0.25, 0.3) is 0 Å². The van der Waals surface area contributed by atoms with Gasteiger partial charge >= 0.3 is 0 Å². The van der Waals surface area contributed by atoms with E-state index in [9.17, 15) is 4.79 Å². The van der Waals surface area contributed by atoms with E-state index in [1.54, 1.807) is 25.8 Å². The monoisotopic (exact) mass is 237 g/mol. The Morgan fingerprint density at radius 1 is 1.58 bits per heavy atom. The van der Waals surface area contributed by atoms with Crippen molar-refractivity contribution in [2.24, 2.45) is 0 Å². The van der Waals surface area contributed by atoms with Gasteiger partial charge in [-0.2, -0.15) is 0 Å². The Morgan fingerprint density at radius 3 is 2.42 bits per heavy atom. The predicted molar refractivity (Wildman–Crippen MR) is 52.3 cm³/mol. The number of hydrogen-bond donors (Lipinski definition) is 1. The molecule has 0 saturated heterocycles. The van der Waals surface area contributed by atoms with E-state index in [4.69, 9.17) is 5.11 Å². The highest BCUT2D eigenvalue weighted by molar-refractivity contribution is 9.10. The first-order chi connectivity index (χ1) is 5.45. The first-order valence-electron chi connectivity index (χ1n) is 4.02. The van der Waals surface area contributed by atoms with Crippen LogP contribution in [0, 0.1) is 0 Å². The van der Waals surface area contributed by atoms with E-state index in [0.29, 0.717) is 13.0 Å². The van der Waals surface area contributed by atoms with Crippen LogP contribution in [0.4, 0.5) is 0 Å². The van der Waals surface area contributed by atoms with Crippen molar-refractivity contribution in [1.29, 1.82) is 0 Å². The van der Waals surface area contributed by atoms with Gasteiger partial charge in [0.05, 0.1) is 10.9 Å². The summed E-state index contributed by atoms with van der Waals surface area (Å²) in [6.45, 7) is 4.11. The summed E-state index contributed by atoms with van der Waals surface area (Å²) in [6, 6.07) is 0. The highest BCUT2D eigenvalue weighted by Crippen LogP contribution is 2.03. The van der Waals surface area contributed by atoms with Crippen molar-refractivity contribution in [1.82, 2.24) is 4.90 Å². The Bertz CT molecular complexity index is 148. The lowest BCUT2D eigenvalue weighted by atomic mass is 10.2. The van der Waals surface area contributed by atoms with E-state index >= 15 is 0 Å². The molecule has 3 nitrogen and oxygen atoms in total. The number of hydrogen-bond acceptors (Lipinski definition) is 2. The molecule has 2 atom stereocenters. The molecule has 2 unspecified atom stereocenters. The van der Waals surface area contributed by atoms with Crippen LogP contribution in [0.15, 0.2) is 0 Å². The third-order valence-electron chi connectivity index (χ3n) is 1.60. The number of alkyl halides is 1. The fourth-order valence-corrected chi connectivity index (χ4v) is 1.14. The number of nitrogens with zero attached hydrogens (tertiary/aromatic N) is 1. The Hall–Kier alpha value is -0.0900. The Kier molecular flexibility index (Phi) is 5.50. The Labute approximate surface area is 81.9 Å². The third-order valence-corrected chi connectivity index (χ3v) is 1.99. The normalized spacial score (nSPS) is 15.4. The molecule has 0 aromatic carbocycles. The molecular weight excluding hydrogens is 222 g/mol. The Morgan fingerprint density at radius 2 is 2.08 bits per heavy atom. The molecule has 0 rings (SSSR count). The van der Waals surface area contributed by atoms with Crippen LogP contribution in [0.3, 0.4) is 0 Å². The summed E-state index contributed by atoms with van der Waals surface area (Å²) in [6.07, 6.45) is 0.285. The van der Waals surface area contributed by atoms with Crippen LogP contribution >= 0.6 is 15.9 Å². The van der Waals surface area contributed by atoms with Crippen molar-refractivity contribution in [3.05, 3.63) is 0 Å². The van der Waals surface area contributed by atoms with Gasteiger partial charge in [0.25, 0.3) is 0 Å². The van der Waals surface area contributed by atoms with Crippen molar-refractivity contribution < 1.29 is 9.90 Å². The van der Waals surface area contributed by atoms with Gasteiger partial charge in [-0.25, -0.2) is 0 Å².